The van der Waals surface area contributed by atoms with Gasteiger partial charge in [0, 0.05) is 6.61 Å². The maximum atomic E-state index is 11.2. The normalized spacial score (nSPS) is 10.8. The van der Waals surface area contributed by atoms with Crippen LogP contribution in [0.5, 0.6) is 0 Å². The predicted octanol–water partition coefficient (Wildman–Crippen LogP) is 3.04. The van der Waals surface area contributed by atoms with Gasteiger partial charge in [0.1, 0.15) is 0 Å². The molecular formula is C15H20O3. The third-order valence-corrected chi connectivity index (χ3v) is 2.67. The number of allylic oxidation sites excluding steroid dienone is 1. The van der Waals surface area contributed by atoms with Gasteiger partial charge in [-0.25, -0.2) is 4.79 Å². The van der Waals surface area contributed by atoms with E-state index < -0.39 is 0 Å². The van der Waals surface area contributed by atoms with E-state index in [9.17, 15) is 4.79 Å². The summed E-state index contributed by atoms with van der Waals surface area (Å²) in [5.41, 5.74) is 1.64. The number of aliphatic hydroxyl groups excluding tert-OH is 1. The summed E-state index contributed by atoms with van der Waals surface area (Å²) in [6.07, 6.45) is 8.20. The van der Waals surface area contributed by atoms with Gasteiger partial charge in [-0.3, -0.25) is 0 Å². The molecule has 0 aliphatic heterocycles. The third-order valence-electron chi connectivity index (χ3n) is 2.67. The second-order valence-electron chi connectivity index (χ2n) is 4.09. The number of unbranched alkanes of at least 4 members (excludes halogenated alkanes) is 3. The minimum atomic E-state index is -0.311. The number of carbonyl (C=O) groups excluding carboxylic acids is 1. The zero-order valence-corrected chi connectivity index (χ0v) is 10.8. The number of esters is 1. The molecule has 0 saturated heterocycles. The Balaban J connectivity index is 2.38. The summed E-state index contributed by atoms with van der Waals surface area (Å²) in [4.78, 5) is 11.2. The number of hydrogen-bond acceptors (Lipinski definition) is 3. The number of carbonyl (C=O) groups is 1. The van der Waals surface area contributed by atoms with Crippen molar-refractivity contribution in [1.82, 2.24) is 0 Å². The predicted molar refractivity (Wildman–Crippen MR) is 72.4 cm³/mol. The molecule has 0 saturated carbocycles. The van der Waals surface area contributed by atoms with Crippen LogP contribution in [0.3, 0.4) is 0 Å². The molecule has 0 amide bonds. The van der Waals surface area contributed by atoms with Crippen molar-refractivity contribution in [2.75, 3.05) is 13.7 Å². The molecule has 3 heteroatoms. The smallest absolute Gasteiger partial charge is 0.337 e. The van der Waals surface area contributed by atoms with Gasteiger partial charge < -0.3 is 9.84 Å². The highest BCUT2D eigenvalue weighted by atomic mass is 16.5. The number of aliphatic hydroxyl groups is 1. The summed E-state index contributed by atoms with van der Waals surface area (Å²) < 4.78 is 4.63. The Kier molecular flexibility index (Phi) is 6.81. The summed E-state index contributed by atoms with van der Waals surface area (Å²) in [5, 5.41) is 8.64. The molecule has 1 rings (SSSR count). The van der Waals surface area contributed by atoms with Crippen LogP contribution in [0.4, 0.5) is 0 Å². The lowest BCUT2D eigenvalue weighted by Gasteiger charge is -1.99. The van der Waals surface area contributed by atoms with E-state index in [1.54, 1.807) is 12.1 Å². The van der Waals surface area contributed by atoms with E-state index in [0.717, 1.165) is 31.2 Å². The van der Waals surface area contributed by atoms with Crippen LogP contribution in [0.2, 0.25) is 0 Å². The first kappa shape index (κ1) is 14.5. The van der Waals surface area contributed by atoms with Crippen molar-refractivity contribution in [3.05, 3.63) is 41.5 Å². The van der Waals surface area contributed by atoms with Crippen molar-refractivity contribution in [3.8, 4) is 0 Å². The minimum Gasteiger partial charge on any atom is -0.465 e. The van der Waals surface area contributed by atoms with E-state index in [-0.39, 0.29) is 12.6 Å². The van der Waals surface area contributed by atoms with Crippen LogP contribution < -0.4 is 0 Å². The summed E-state index contributed by atoms with van der Waals surface area (Å²) in [7, 11) is 1.38. The standard InChI is InChI=1S/C15H20O3/c1-18-15(17)14-10-8-13(9-11-14)7-5-3-2-4-6-12-16/h5,7-11,16H,2-4,6,12H2,1H3/b7-5+. The number of rotatable bonds is 7. The SMILES string of the molecule is COC(=O)c1ccc(/C=C/CCCCCO)cc1. The van der Waals surface area contributed by atoms with Gasteiger partial charge in [0.2, 0.25) is 0 Å². The Labute approximate surface area is 108 Å². The second-order valence-corrected chi connectivity index (χ2v) is 4.09. The molecule has 1 aromatic rings. The van der Waals surface area contributed by atoms with Crippen molar-refractivity contribution < 1.29 is 14.6 Å². The molecule has 0 aromatic heterocycles. The Morgan fingerprint density at radius 2 is 1.94 bits per heavy atom. The number of methoxy groups -OCH3 is 1. The fourth-order valence-electron chi connectivity index (χ4n) is 1.62. The van der Waals surface area contributed by atoms with Crippen LogP contribution in [-0.2, 0) is 4.74 Å². The summed E-state index contributed by atoms with van der Waals surface area (Å²) >= 11 is 0. The molecule has 0 unspecified atom stereocenters. The fourth-order valence-corrected chi connectivity index (χ4v) is 1.62. The molecule has 0 fully saturated rings. The van der Waals surface area contributed by atoms with Crippen LogP contribution in [0.1, 0.15) is 41.6 Å². The highest BCUT2D eigenvalue weighted by Gasteiger charge is 2.02. The van der Waals surface area contributed by atoms with Crippen molar-refractivity contribution in [1.29, 1.82) is 0 Å². The van der Waals surface area contributed by atoms with Gasteiger partial charge in [-0.2, -0.15) is 0 Å². The molecule has 1 aromatic carbocycles. The van der Waals surface area contributed by atoms with Crippen molar-refractivity contribution in [2.45, 2.75) is 25.7 Å². The molecular weight excluding hydrogens is 228 g/mol. The summed E-state index contributed by atoms with van der Waals surface area (Å²) in [6.45, 7) is 0.276. The first-order valence-corrected chi connectivity index (χ1v) is 6.23. The van der Waals surface area contributed by atoms with E-state index in [0.29, 0.717) is 5.56 Å². The van der Waals surface area contributed by atoms with E-state index in [4.69, 9.17) is 5.11 Å². The Hall–Kier alpha value is -1.61. The average molecular weight is 248 g/mol. The molecule has 1 N–H and O–H groups in total. The van der Waals surface area contributed by atoms with Gasteiger partial charge in [-0.05, 0) is 37.0 Å². The highest BCUT2D eigenvalue weighted by Crippen LogP contribution is 2.09. The summed E-state index contributed by atoms with van der Waals surface area (Å²) in [5.74, 6) is -0.311. The first-order chi connectivity index (χ1) is 8.77. The number of hydrogen-bond donors (Lipinski definition) is 1. The quantitative estimate of drug-likeness (QED) is 0.596. The lowest BCUT2D eigenvalue weighted by Crippen LogP contribution is -2.00. The lowest BCUT2D eigenvalue weighted by molar-refractivity contribution is 0.0600. The third kappa shape index (κ3) is 5.15. The maximum Gasteiger partial charge on any atom is 0.337 e. The zero-order chi connectivity index (χ0) is 13.2. The summed E-state index contributed by atoms with van der Waals surface area (Å²) in [6, 6.07) is 7.32. The Morgan fingerprint density at radius 3 is 2.56 bits per heavy atom. The monoisotopic (exact) mass is 248 g/mol. The van der Waals surface area contributed by atoms with Crippen molar-refractivity contribution >= 4 is 12.0 Å². The van der Waals surface area contributed by atoms with E-state index in [1.165, 1.54) is 7.11 Å². The van der Waals surface area contributed by atoms with Gasteiger partial charge in [-0.15, -0.1) is 0 Å². The van der Waals surface area contributed by atoms with Crippen LogP contribution in [-0.4, -0.2) is 24.8 Å². The van der Waals surface area contributed by atoms with E-state index in [1.807, 2.05) is 18.2 Å². The Bertz CT molecular complexity index is 379. The molecule has 0 bridgehead atoms. The topological polar surface area (TPSA) is 46.5 Å². The zero-order valence-electron chi connectivity index (χ0n) is 10.8. The average Bonchev–Trinajstić information content (AvgIpc) is 2.42. The molecule has 0 aliphatic carbocycles. The molecule has 0 radical (unpaired) electrons. The first-order valence-electron chi connectivity index (χ1n) is 6.23. The van der Waals surface area contributed by atoms with Crippen LogP contribution in [0.15, 0.2) is 30.3 Å². The molecule has 0 aliphatic rings. The van der Waals surface area contributed by atoms with Gasteiger partial charge in [0.15, 0.2) is 0 Å². The molecule has 18 heavy (non-hydrogen) atoms. The molecule has 0 spiro atoms. The molecule has 3 nitrogen and oxygen atoms in total. The van der Waals surface area contributed by atoms with Crippen molar-refractivity contribution in [2.24, 2.45) is 0 Å². The largest absolute Gasteiger partial charge is 0.465 e. The molecule has 98 valence electrons. The fraction of sp³-hybridized carbons (Fsp3) is 0.400. The molecule has 0 atom stereocenters. The van der Waals surface area contributed by atoms with Crippen LogP contribution in [0.25, 0.3) is 6.08 Å². The minimum absolute atomic E-state index is 0.276. The number of benzene rings is 1. The van der Waals surface area contributed by atoms with Crippen molar-refractivity contribution in [3.63, 3.8) is 0 Å². The maximum absolute atomic E-state index is 11.2. The van der Waals surface area contributed by atoms with Gasteiger partial charge >= 0.3 is 5.97 Å². The van der Waals surface area contributed by atoms with E-state index in [2.05, 4.69) is 10.8 Å². The van der Waals surface area contributed by atoms with Gasteiger partial charge in [0.25, 0.3) is 0 Å². The number of ether oxygens (including phenoxy) is 1. The molecule has 0 heterocycles. The van der Waals surface area contributed by atoms with Gasteiger partial charge in [0.05, 0.1) is 12.7 Å². The van der Waals surface area contributed by atoms with E-state index >= 15 is 0 Å². The van der Waals surface area contributed by atoms with Crippen LogP contribution >= 0.6 is 0 Å². The lowest BCUT2D eigenvalue weighted by atomic mass is 10.1. The van der Waals surface area contributed by atoms with Crippen LogP contribution in [0, 0.1) is 0 Å². The highest BCUT2D eigenvalue weighted by molar-refractivity contribution is 5.89. The Morgan fingerprint density at radius 1 is 1.22 bits per heavy atom. The second kappa shape index (κ2) is 8.48. The van der Waals surface area contributed by atoms with Gasteiger partial charge in [-0.1, -0.05) is 30.7 Å².